The summed E-state index contributed by atoms with van der Waals surface area (Å²) in [5, 5.41) is 0. The van der Waals surface area contributed by atoms with Crippen molar-refractivity contribution in [3.05, 3.63) is 30.7 Å². The number of nitrogens with two attached hydrogens (primary N) is 1. The highest BCUT2D eigenvalue weighted by atomic mass is 32.2. The number of anilines is 1. The highest BCUT2D eigenvalue weighted by Crippen LogP contribution is 2.33. The molecule has 3 amide bonds. The molecule has 0 aliphatic carbocycles. The summed E-state index contributed by atoms with van der Waals surface area (Å²) >= 11 is 1.51. The van der Waals surface area contributed by atoms with E-state index in [1.165, 1.54) is 18.2 Å². The number of amides is 3. The number of nitrogens with zero attached hydrogens (tertiary/aromatic N) is 1. The lowest BCUT2D eigenvalue weighted by atomic mass is 10.3. The molecule has 0 fully saturated rings. The lowest BCUT2D eigenvalue weighted by molar-refractivity contribution is -0.114. The topological polar surface area (TPSA) is 63.4 Å². The summed E-state index contributed by atoms with van der Waals surface area (Å²) in [7, 11) is 0. The normalized spacial score (nSPS) is 15.7. The number of carbonyl (C=O) groups excluding carboxylic acids is 2. The second-order valence-corrected chi connectivity index (χ2v) is 4.06. The van der Waals surface area contributed by atoms with Gasteiger partial charge >= 0.3 is 6.03 Å². The molecule has 1 aromatic carbocycles. The molecular weight excluding hydrogens is 212 g/mol. The highest BCUT2D eigenvalue weighted by molar-refractivity contribution is 7.99. The number of urea groups is 1. The summed E-state index contributed by atoms with van der Waals surface area (Å²) < 4.78 is 0. The van der Waals surface area contributed by atoms with Crippen molar-refractivity contribution >= 4 is 29.4 Å². The zero-order valence-corrected chi connectivity index (χ0v) is 8.66. The smallest absolute Gasteiger partial charge is 0.326 e. The number of carbonyl (C=O) groups is 2. The van der Waals surface area contributed by atoms with Crippen molar-refractivity contribution in [1.29, 1.82) is 0 Å². The SMILES string of the molecule is NC(=O)N1C(=O)[CH]CSc2ccccc21. The van der Waals surface area contributed by atoms with Gasteiger partial charge in [0.15, 0.2) is 0 Å². The van der Waals surface area contributed by atoms with Crippen LogP contribution in [0.4, 0.5) is 10.5 Å². The molecule has 0 aromatic heterocycles. The van der Waals surface area contributed by atoms with Crippen LogP contribution in [0.3, 0.4) is 0 Å². The zero-order valence-electron chi connectivity index (χ0n) is 7.84. The van der Waals surface area contributed by atoms with Crippen molar-refractivity contribution < 1.29 is 9.59 Å². The molecule has 2 N–H and O–H groups in total. The van der Waals surface area contributed by atoms with E-state index in [1.807, 2.05) is 12.1 Å². The molecule has 1 aliphatic heterocycles. The molecule has 1 radical (unpaired) electrons. The molecular formula is C10H9N2O2S. The number of imide groups is 1. The maximum atomic E-state index is 11.6. The minimum absolute atomic E-state index is 0.361. The van der Waals surface area contributed by atoms with E-state index in [0.29, 0.717) is 11.4 Å². The van der Waals surface area contributed by atoms with E-state index in [1.54, 1.807) is 12.1 Å². The van der Waals surface area contributed by atoms with Crippen LogP contribution in [-0.4, -0.2) is 17.7 Å². The fourth-order valence-corrected chi connectivity index (χ4v) is 2.29. The average Bonchev–Trinajstić information content (AvgIpc) is 2.35. The van der Waals surface area contributed by atoms with Crippen molar-refractivity contribution in [3.63, 3.8) is 0 Å². The van der Waals surface area contributed by atoms with Gasteiger partial charge in [-0.05, 0) is 12.1 Å². The largest absolute Gasteiger partial charge is 0.351 e. The van der Waals surface area contributed by atoms with Crippen LogP contribution in [-0.2, 0) is 4.79 Å². The van der Waals surface area contributed by atoms with Gasteiger partial charge < -0.3 is 5.73 Å². The van der Waals surface area contributed by atoms with E-state index in [4.69, 9.17) is 5.73 Å². The van der Waals surface area contributed by atoms with Gasteiger partial charge in [-0.2, -0.15) is 0 Å². The molecule has 0 atom stereocenters. The first-order chi connectivity index (χ1) is 7.20. The molecule has 0 saturated heterocycles. The third-order valence-corrected chi connectivity index (χ3v) is 3.03. The minimum atomic E-state index is -0.744. The monoisotopic (exact) mass is 221 g/mol. The van der Waals surface area contributed by atoms with E-state index in [9.17, 15) is 9.59 Å². The van der Waals surface area contributed by atoms with Crippen molar-refractivity contribution in [2.75, 3.05) is 10.7 Å². The van der Waals surface area contributed by atoms with Crippen molar-refractivity contribution in [2.24, 2.45) is 5.73 Å². The number of primary amides is 1. The van der Waals surface area contributed by atoms with Gasteiger partial charge in [-0.15, -0.1) is 11.8 Å². The van der Waals surface area contributed by atoms with Crippen molar-refractivity contribution in [1.82, 2.24) is 0 Å². The van der Waals surface area contributed by atoms with Crippen molar-refractivity contribution in [3.8, 4) is 0 Å². The Morgan fingerprint density at radius 2 is 2.13 bits per heavy atom. The van der Waals surface area contributed by atoms with Crippen LogP contribution in [0.15, 0.2) is 29.2 Å². The van der Waals surface area contributed by atoms with Crippen LogP contribution < -0.4 is 10.6 Å². The summed E-state index contributed by atoms with van der Waals surface area (Å²) in [6.45, 7) is 0. The number of thioether (sulfide) groups is 1. The minimum Gasteiger partial charge on any atom is -0.351 e. The second-order valence-electron chi connectivity index (χ2n) is 2.99. The molecule has 1 heterocycles. The Bertz CT molecular complexity index is 420. The Balaban J connectivity index is 2.52. The summed E-state index contributed by atoms with van der Waals surface area (Å²) in [5.41, 5.74) is 5.74. The van der Waals surface area contributed by atoms with Gasteiger partial charge in [0, 0.05) is 10.6 Å². The molecule has 15 heavy (non-hydrogen) atoms. The van der Waals surface area contributed by atoms with Gasteiger partial charge in [0.1, 0.15) is 0 Å². The Morgan fingerprint density at radius 3 is 2.87 bits per heavy atom. The van der Waals surface area contributed by atoms with Gasteiger partial charge in [-0.3, -0.25) is 4.79 Å². The molecule has 1 aromatic rings. The zero-order chi connectivity index (χ0) is 10.8. The molecule has 4 nitrogen and oxygen atoms in total. The highest BCUT2D eigenvalue weighted by Gasteiger charge is 2.26. The van der Waals surface area contributed by atoms with E-state index in [0.717, 1.165) is 9.80 Å². The summed E-state index contributed by atoms with van der Waals surface area (Å²) in [6, 6.07) is 6.47. The standard InChI is InChI=1S/C10H9N2O2S/c11-10(14)12-7-3-1-2-4-8(7)15-6-5-9(12)13/h1-5H,6H2,(H2,11,14). The summed E-state index contributed by atoms with van der Waals surface area (Å²) in [6.07, 6.45) is 1.45. The quantitative estimate of drug-likeness (QED) is 0.720. The molecule has 5 heteroatoms. The average molecular weight is 221 g/mol. The number of rotatable bonds is 0. The molecule has 0 saturated carbocycles. The first kappa shape index (κ1) is 10.0. The van der Waals surface area contributed by atoms with Crippen LogP contribution in [0.25, 0.3) is 0 Å². The maximum absolute atomic E-state index is 11.6. The lowest BCUT2D eigenvalue weighted by Gasteiger charge is -2.17. The van der Waals surface area contributed by atoms with Crippen LogP contribution in [0.2, 0.25) is 0 Å². The van der Waals surface area contributed by atoms with Gasteiger partial charge in [0.2, 0.25) is 5.91 Å². The summed E-state index contributed by atoms with van der Waals surface area (Å²) in [5.74, 6) is 0.194. The number of hydrogen-bond acceptors (Lipinski definition) is 3. The predicted molar refractivity (Wildman–Crippen MR) is 58.5 cm³/mol. The summed E-state index contributed by atoms with van der Waals surface area (Å²) in [4.78, 5) is 24.6. The number of benzene rings is 1. The van der Waals surface area contributed by atoms with Gasteiger partial charge in [-0.1, -0.05) is 12.1 Å². The van der Waals surface area contributed by atoms with E-state index in [2.05, 4.69) is 0 Å². The molecule has 0 bridgehead atoms. The Hall–Kier alpha value is -1.49. The fourth-order valence-electron chi connectivity index (χ4n) is 1.40. The molecule has 2 rings (SSSR count). The maximum Gasteiger partial charge on any atom is 0.326 e. The molecule has 0 unspecified atom stereocenters. The van der Waals surface area contributed by atoms with Crippen LogP contribution >= 0.6 is 11.8 Å². The molecule has 0 spiro atoms. The second kappa shape index (κ2) is 3.94. The lowest BCUT2D eigenvalue weighted by Crippen LogP contribution is -2.40. The van der Waals surface area contributed by atoms with E-state index >= 15 is 0 Å². The van der Waals surface area contributed by atoms with Crippen LogP contribution in [0.5, 0.6) is 0 Å². The van der Waals surface area contributed by atoms with E-state index in [-0.39, 0.29) is 5.91 Å². The first-order valence-corrected chi connectivity index (χ1v) is 5.37. The van der Waals surface area contributed by atoms with Crippen LogP contribution in [0, 0.1) is 6.42 Å². The van der Waals surface area contributed by atoms with Gasteiger partial charge in [-0.25, -0.2) is 9.69 Å². The van der Waals surface area contributed by atoms with Crippen LogP contribution in [0.1, 0.15) is 0 Å². The molecule has 77 valence electrons. The van der Waals surface area contributed by atoms with Gasteiger partial charge in [0.05, 0.1) is 12.1 Å². The fraction of sp³-hybridized carbons (Fsp3) is 0.100. The number of para-hydroxylation sites is 1. The predicted octanol–water partition coefficient (Wildman–Crippen LogP) is 1.41. The van der Waals surface area contributed by atoms with E-state index < -0.39 is 6.03 Å². The Kier molecular flexibility index (Phi) is 2.64. The third-order valence-electron chi connectivity index (χ3n) is 2.04. The third kappa shape index (κ3) is 1.83. The van der Waals surface area contributed by atoms with Crippen molar-refractivity contribution in [2.45, 2.75) is 4.90 Å². The number of fused-ring (bicyclic) bond motifs is 1. The Morgan fingerprint density at radius 1 is 1.40 bits per heavy atom. The molecule has 1 aliphatic rings. The first-order valence-electron chi connectivity index (χ1n) is 4.38. The van der Waals surface area contributed by atoms with Gasteiger partial charge in [0.25, 0.3) is 0 Å². The number of hydrogen-bond donors (Lipinski definition) is 1. The Labute approximate surface area is 91.4 Å².